The molecule has 0 amide bonds. The Labute approximate surface area is 103 Å². The average Bonchev–Trinajstić information content (AvgIpc) is 1.96. The van der Waals surface area contributed by atoms with Crippen LogP contribution in [0.1, 0.15) is 33.6 Å². The van der Waals surface area contributed by atoms with Crippen LogP contribution in [0.2, 0.25) is 18.1 Å². The molecule has 0 radical (unpaired) electrons. The summed E-state index contributed by atoms with van der Waals surface area (Å²) in [4.78, 5) is 0. The summed E-state index contributed by atoms with van der Waals surface area (Å²) in [6, 6.07) is 0. The molecule has 0 rings (SSSR count). The summed E-state index contributed by atoms with van der Waals surface area (Å²) in [6.45, 7) is 15.8. The quantitative estimate of drug-likeness (QED) is 0.367. The maximum Gasteiger partial charge on any atom is 1.00 e. The van der Waals surface area contributed by atoms with Gasteiger partial charge in [0.15, 0.2) is 8.32 Å². The van der Waals surface area contributed by atoms with Crippen molar-refractivity contribution in [3.63, 3.8) is 0 Å². The van der Waals surface area contributed by atoms with Gasteiger partial charge in [-0.2, -0.15) is 6.42 Å². The van der Waals surface area contributed by atoms with Gasteiger partial charge in [-0.05, 0) is 18.1 Å². The Kier molecular flexibility index (Phi) is 8.34. The first-order valence-corrected chi connectivity index (χ1v) is 7.86. The minimum Gasteiger partial charge on any atom is -0.504 e. The molecule has 0 aliphatic heterocycles. The second-order valence-corrected chi connectivity index (χ2v) is 9.77. The monoisotopic (exact) mass is 206 g/mol. The molecule has 3 heteroatoms. The Bertz CT molecular complexity index is 161. The van der Waals surface area contributed by atoms with E-state index in [9.17, 15) is 0 Å². The first-order chi connectivity index (χ1) is 5.81. The van der Waals surface area contributed by atoms with E-state index in [1.54, 1.807) is 0 Å². The first-order valence-electron chi connectivity index (χ1n) is 4.95. The molecule has 0 heterocycles. The van der Waals surface area contributed by atoms with Crippen molar-refractivity contribution in [1.82, 2.24) is 0 Å². The molecular formula is C11H23LiOSi. The van der Waals surface area contributed by atoms with Crippen molar-refractivity contribution in [3.05, 3.63) is 12.7 Å². The fourth-order valence-electron chi connectivity index (χ4n) is 0.741. The van der Waals surface area contributed by atoms with Crippen molar-refractivity contribution in [3.8, 4) is 0 Å². The summed E-state index contributed by atoms with van der Waals surface area (Å²) >= 11 is 0. The van der Waals surface area contributed by atoms with Crippen LogP contribution in [0, 0.1) is 6.08 Å². The van der Waals surface area contributed by atoms with Gasteiger partial charge in [0.1, 0.15) is 0 Å². The van der Waals surface area contributed by atoms with Crippen molar-refractivity contribution >= 4 is 8.32 Å². The molecule has 0 fully saturated rings. The SMILES string of the molecule is C=[C-]CCCO[Si](C)(C)C(C)(C)C.[Li+]. The van der Waals surface area contributed by atoms with Gasteiger partial charge in [0.05, 0.1) is 0 Å². The molecule has 0 bridgehead atoms. The third-order valence-corrected chi connectivity index (χ3v) is 7.31. The van der Waals surface area contributed by atoms with E-state index in [1.165, 1.54) is 0 Å². The maximum absolute atomic E-state index is 5.97. The van der Waals surface area contributed by atoms with Crippen LogP contribution in [-0.2, 0) is 4.43 Å². The van der Waals surface area contributed by atoms with Crippen LogP contribution < -0.4 is 18.9 Å². The predicted octanol–water partition coefficient (Wildman–Crippen LogP) is 0.782. The number of hydrogen-bond acceptors (Lipinski definition) is 1. The van der Waals surface area contributed by atoms with Gasteiger partial charge in [0.2, 0.25) is 0 Å². The van der Waals surface area contributed by atoms with Crippen LogP contribution in [0.15, 0.2) is 6.58 Å². The molecule has 78 valence electrons. The van der Waals surface area contributed by atoms with E-state index in [0.717, 1.165) is 19.4 Å². The topological polar surface area (TPSA) is 9.23 Å². The second kappa shape index (κ2) is 6.90. The van der Waals surface area contributed by atoms with Gasteiger partial charge < -0.3 is 10.5 Å². The standard InChI is InChI=1S/C11H23OSi.Li/c1-7-8-9-10-12-13(5,6)11(2,3)4;/h1,8-10H2,2-6H3;/q-1;+1. The van der Waals surface area contributed by atoms with E-state index in [-0.39, 0.29) is 18.9 Å². The van der Waals surface area contributed by atoms with Crippen LogP contribution in [0.3, 0.4) is 0 Å². The molecule has 0 aromatic rings. The van der Waals surface area contributed by atoms with Crippen LogP contribution in [0.4, 0.5) is 0 Å². The summed E-state index contributed by atoms with van der Waals surface area (Å²) in [5.74, 6) is 0. The molecule has 0 aromatic carbocycles. The van der Waals surface area contributed by atoms with Gasteiger partial charge in [0, 0.05) is 6.61 Å². The predicted molar refractivity (Wildman–Crippen MR) is 61.3 cm³/mol. The zero-order valence-electron chi connectivity index (χ0n) is 10.7. The Morgan fingerprint density at radius 1 is 1.29 bits per heavy atom. The number of unbranched alkanes of at least 4 members (excludes halogenated alkanes) is 1. The Hall–Kier alpha value is 0.514. The third-order valence-electron chi connectivity index (χ3n) is 2.77. The summed E-state index contributed by atoms with van der Waals surface area (Å²) < 4.78 is 5.97. The van der Waals surface area contributed by atoms with Crippen molar-refractivity contribution < 1.29 is 23.3 Å². The van der Waals surface area contributed by atoms with Gasteiger partial charge in [-0.15, -0.1) is 0 Å². The smallest absolute Gasteiger partial charge is 0.504 e. The zero-order valence-corrected chi connectivity index (χ0v) is 11.7. The molecule has 0 atom stereocenters. The van der Waals surface area contributed by atoms with Crippen LogP contribution in [0.5, 0.6) is 0 Å². The molecule has 0 saturated carbocycles. The van der Waals surface area contributed by atoms with E-state index in [2.05, 4.69) is 46.5 Å². The summed E-state index contributed by atoms with van der Waals surface area (Å²) in [7, 11) is -1.50. The Balaban J connectivity index is 0. The fraction of sp³-hybridized carbons (Fsp3) is 0.818. The van der Waals surface area contributed by atoms with Crippen LogP contribution in [-0.4, -0.2) is 14.9 Å². The summed E-state index contributed by atoms with van der Waals surface area (Å²) in [6.07, 6.45) is 4.87. The first kappa shape index (κ1) is 16.9. The van der Waals surface area contributed by atoms with Crippen LogP contribution in [0.25, 0.3) is 0 Å². The van der Waals surface area contributed by atoms with E-state index in [4.69, 9.17) is 4.43 Å². The average molecular weight is 206 g/mol. The van der Waals surface area contributed by atoms with E-state index in [0.29, 0.717) is 5.04 Å². The summed E-state index contributed by atoms with van der Waals surface area (Å²) in [5, 5.41) is 0.324. The fourth-order valence-corrected chi connectivity index (χ4v) is 1.83. The molecule has 0 aromatic heterocycles. The normalized spacial score (nSPS) is 12.1. The zero-order chi connectivity index (χ0) is 10.5. The van der Waals surface area contributed by atoms with Gasteiger partial charge in [-0.25, -0.2) is 0 Å². The maximum atomic E-state index is 5.97. The molecular weight excluding hydrogens is 183 g/mol. The van der Waals surface area contributed by atoms with Gasteiger partial charge in [-0.1, -0.05) is 27.2 Å². The van der Waals surface area contributed by atoms with Crippen molar-refractivity contribution in [2.75, 3.05) is 6.61 Å². The molecule has 0 saturated heterocycles. The van der Waals surface area contributed by atoms with Gasteiger partial charge in [0.25, 0.3) is 0 Å². The van der Waals surface area contributed by atoms with Crippen molar-refractivity contribution in [2.24, 2.45) is 0 Å². The molecule has 14 heavy (non-hydrogen) atoms. The molecule has 0 unspecified atom stereocenters. The van der Waals surface area contributed by atoms with Gasteiger partial charge >= 0.3 is 18.9 Å². The molecule has 0 N–H and O–H groups in total. The third kappa shape index (κ3) is 6.08. The molecule has 1 nitrogen and oxygen atoms in total. The molecule has 0 aliphatic carbocycles. The second-order valence-electron chi connectivity index (χ2n) is 4.96. The van der Waals surface area contributed by atoms with Gasteiger partial charge in [-0.3, -0.25) is 6.58 Å². The number of allylic oxidation sites excluding steroid dienone is 1. The summed E-state index contributed by atoms with van der Waals surface area (Å²) in [5.41, 5.74) is 0. The Morgan fingerprint density at radius 3 is 2.14 bits per heavy atom. The number of rotatable bonds is 5. The largest absolute Gasteiger partial charge is 1.00 e. The van der Waals surface area contributed by atoms with E-state index in [1.807, 2.05) is 0 Å². The minimum atomic E-state index is -1.50. The van der Waals surface area contributed by atoms with Crippen molar-refractivity contribution in [1.29, 1.82) is 0 Å². The van der Waals surface area contributed by atoms with E-state index >= 15 is 0 Å². The van der Waals surface area contributed by atoms with E-state index < -0.39 is 8.32 Å². The number of hydrogen-bond donors (Lipinski definition) is 0. The molecule has 0 spiro atoms. The molecule has 0 aliphatic rings. The minimum absolute atomic E-state index is 0. The van der Waals surface area contributed by atoms with Crippen molar-refractivity contribution in [2.45, 2.75) is 51.7 Å². The Morgan fingerprint density at radius 2 is 1.79 bits per heavy atom. The van der Waals surface area contributed by atoms with Crippen LogP contribution >= 0.6 is 0 Å².